The van der Waals surface area contributed by atoms with Gasteiger partial charge in [0.2, 0.25) is 0 Å². The third-order valence-electron chi connectivity index (χ3n) is 2.68. The molecule has 0 aliphatic heterocycles. The molecule has 1 aromatic rings. The predicted octanol–water partition coefficient (Wildman–Crippen LogP) is 2.94. The van der Waals surface area contributed by atoms with Crippen molar-refractivity contribution in [3.63, 3.8) is 0 Å². The lowest BCUT2D eigenvalue weighted by molar-refractivity contribution is 0.433. The van der Waals surface area contributed by atoms with Crippen LogP contribution in [0.5, 0.6) is 11.5 Å². The molecule has 2 atom stereocenters. The van der Waals surface area contributed by atoms with Gasteiger partial charge in [0.15, 0.2) is 0 Å². The van der Waals surface area contributed by atoms with Gasteiger partial charge in [-0.25, -0.2) is 0 Å². The van der Waals surface area contributed by atoms with Gasteiger partial charge in [-0.15, -0.1) is 0 Å². The largest absolute Gasteiger partial charge is 0.508 e. The molecule has 0 bridgehead atoms. The van der Waals surface area contributed by atoms with Crippen LogP contribution in [0.4, 0.5) is 0 Å². The van der Waals surface area contributed by atoms with E-state index < -0.39 is 0 Å². The molecule has 0 radical (unpaired) electrons. The molecule has 3 nitrogen and oxygen atoms in total. The highest BCUT2D eigenvalue weighted by molar-refractivity contribution is 5.37. The van der Waals surface area contributed by atoms with Gasteiger partial charge in [-0.1, -0.05) is 13.3 Å². The van der Waals surface area contributed by atoms with E-state index in [0.717, 1.165) is 18.4 Å². The van der Waals surface area contributed by atoms with Crippen LogP contribution in [0.25, 0.3) is 0 Å². The Labute approximate surface area is 97.1 Å². The molecular weight excluding hydrogens is 202 g/mol. The number of phenols is 2. The molecule has 3 N–H and O–H groups in total. The Morgan fingerprint density at radius 3 is 2.19 bits per heavy atom. The summed E-state index contributed by atoms with van der Waals surface area (Å²) in [4.78, 5) is 0. The number of hydrogen-bond acceptors (Lipinski definition) is 3. The van der Waals surface area contributed by atoms with Crippen molar-refractivity contribution in [2.24, 2.45) is 0 Å². The first kappa shape index (κ1) is 12.8. The van der Waals surface area contributed by atoms with E-state index in [2.05, 4.69) is 19.2 Å². The van der Waals surface area contributed by atoms with Crippen molar-refractivity contribution >= 4 is 0 Å². The molecule has 0 saturated carbocycles. The highest BCUT2D eigenvalue weighted by atomic mass is 16.3. The van der Waals surface area contributed by atoms with Gasteiger partial charge in [-0.2, -0.15) is 0 Å². The lowest BCUT2D eigenvalue weighted by atomic mass is 10.1. The Morgan fingerprint density at radius 2 is 1.69 bits per heavy atom. The summed E-state index contributed by atoms with van der Waals surface area (Å²) in [6.45, 7) is 6.33. The molecule has 0 aromatic heterocycles. The first-order valence-corrected chi connectivity index (χ1v) is 5.82. The molecule has 1 rings (SSSR count). The van der Waals surface area contributed by atoms with Crippen LogP contribution < -0.4 is 5.32 Å². The second-order valence-corrected chi connectivity index (χ2v) is 4.36. The Hall–Kier alpha value is -1.22. The number of rotatable bonds is 5. The molecule has 0 aliphatic rings. The monoisotopic (exact) mass is 223 g/mol. The van der Waals surface area contributed by atoms with Crippen molar-refractivity contribution < 1.29 is 10.2 Å². The summed E-state index contributed by atoms with van der Waals surface area (Å²) in [5, 5.41) is 22.2. The molecule has 2 unspecified atom stereocenters. The Bertz CT molecular complexity index is 318. The zero-order chi connectivity index (χ0) is 12.1. The average Bonchev–Trinajstić information content (AvgIpc) is 2.16. The number of aromatic hydroxyl groups is 2. The van der Waals surface area contributed by atoms with Gasteiger partial charge in [0, 0.05) is 18.2 Å². The topological polar surface area (TPSA) is 52.5 Å². The summed E-state index contributed by atoms with van der Waals surface area (Å²) in [7, 11) is 0. The van der Waals surface area contributed by atoms with Crippen LogP contribution in [0.15, 0.2) is 18.2 Å². The summed E-state index contributed by atoms with van der Waals surface area (Å²) in [5.41, 5.74) is 0.903. The summed E-state index contributed by atoms with van der Waals surface area (Å²) in [5.74, 6) is 0.207. The minimum absolute atomic E-state index is 0.104. The molecule has 0 aliphatic carbocycles. The van der Waals surface area contributed by atoms with Crippen molar-refractivity contribution in [2.45, 2.75) is 45.7 Å². The van der Waals surface area contributed by atoms with Crippen molar-refractivity contribution in [3.05, 3.63) is 23.8 Å². The van der Waals surface area contributed by atoms with Gasteiger partial charge in [-0.3, -0.25) is 0 Å². The van der Waals surface area contributed by atoms with Crippen LogP contribution in [-0.4, -0.2) is 16.3 Å². The van der Waals surface area contributed by atoms with Crippen molar-refractivity contribution in [3.8, 4) is 11.5 Å². The maximum Gasteiger partial charge on any atom is 0.119 e. The van der Waals surface area contributed by atoms with E-state index in [0.29, 0.717) is 6.04 Å². The van der Waals surface area contributed by atoms with Crippen LogP contribution >= 0.6 is 0 Å². The lowest BCUT2D eigenvalue weighted by Crippen LogP contribution is -2.28. The fourth-order valence-electron chi connectivity index (χ4n) is 1.91. The van der Waals surface area contributed by atoms with Crippen molar-refractivity contribution in [1.29, 1.82) is 0 Å². The first-order valence-electron chi connectivity index (χ1n) is 5.82. The van der Waals surface area contributed by atoms with Gasteiger partial charge >= 0.3 is 0 Å². The fraction of sp³-hybridized carbons (Fsp3) is 0.538. The zero-order valence-corrected chi connectivity index (χ0v) is 10.2. The van der Waals surface area contributed by atoms with Crippen molar-refractivity contribution in [2.75, 3.05) is 0 Å². The van der Waals surface area contributed by atoms with E-state index in [1.807, 2.05) is 6.92 Å². The summed E-state index contributed by atoms with van der Waals surface area (Å²) < 4.78 is 0. The Balaban J connectivity index is 2.68. The third kappa shape index (κ3) is 3.74. The molecule has 0 spiro atoms. The number of hydrogen-bond donors (Lipinski definition) is 3. The van der Waals surface area contributed by atoms with Crippen LogP contribution in [0, 0.1) is 0 Å². The highest BCUT2D eigenvalue weighted by Gasteiger charge is 2.10. The SMILES string of the molecule is CCCC(C)NC(C)c1cc(O)cc(O)c1. The van der Waals surface area contributed by atoms with Gasteiger partial charge < -0.3 is 15.5 Å². The van der Waals surface area contributed by atoms with Crippen LogP contribution in [0.2, 0.25) is 0 Å². The minimum Gasteiger partial charge on any atom is -0.508 e. The summed E-state index contributed by atoms with van der Waals surface area (Å²) in [6, 6.07) is 5.25. The summed E-state index contributed by atoms with van der Waals surface area (Å²) >= 11 is 0. The van der Waals surface area contributed by atoms with E-state index in [1.54, 1.807) is 12.1 Å². The molecule has 0 saturated heterocycles. The van der Waals surface area contributed by atoms with Crippen LogP contribution in [0.1, 0.15) is 45.2 Å². The zero-order valence-electron chi connectivity index (χ0n) is 10.2. The molecular formula is C13H21NO2. The van der Waals surface area contributed by atoms with E-state index in [1.165, 1.54) is 6.07 Å². The standard InChI is InChI=1S/C13H21NO2/c1-4-5-9(2)14-10(3)11-6-12(15)8-13(16)7-11/h6-10,14-16H,4-5H2,1-3H3. The smallest absolute Gasteiger partial charge is 0.119 e. The van der Waals surface area contributed by atoms with E-state index in [9.17, 15) is 10.2 Å². The van der Waals surface area contributed by atoms with Crippen LogP contribution in [-0.2, 0) is 0 Å². The van der Waals surface area contributed by atoms with Crippen LogP contribution in [0.3, 0.4) is 0 Å². The van der Waals surface area contributed by atoms with E-state index in [-0.39, 0.29) is 17.5 Å². The number of nitrogens with one attached hydrogen (secondary N) is 1. The van der Waals surface area contributed by atoms with E-state index in [4.69, 9.17) is 0 Å². The highest BCUT2D eigenvalue weighted by Crippen LogP contribution is 2.25. The minimum atomic E-state index is 0.104. The van der Waals surface area contributed by atoms with Gasteiger partial charge in [0.1, 0.15) is 11.5 Å². The van der Waals surface area contributed by atoms with Gasteiger partial charge in [-0.05, 0) is 38.0 Å². The second kappa shape index (κ2) is 5.75. The van der Waals surface area contributed by atoms with Crippen molar-refractivity contribution in [1.82, 2.24) is 5.32 Å². The second-order valence-electron chi connectivity index (χ2n) is 4.36. The third-order valence-corrected chi connectivity index (χ3v) is 2.68. The Morgan fingerprint density at radius 1 is 1.12 bits per heavy atom. The Kier molecular flexibility index (Phi) is 4.62. The molecule has 0 amide bonds. The molecule has 0 fully saturated rings. The van der Waals surface area contributed by atoms with Gasteiger partial charge in [0.25, 0.3) is 0 Å². The van der Waals surface area contributed by atoms with Gasteiger partial charge in [0.05, 0.1) is 0 Å². The number of benzene rings is 1. The molecule has 1 aromatic carbocycles. The fourth-order valence-corrected chi connectivity index (χ4v) is 1.91. The quantitative estimate of drug-likeness (QED) is 0.719. The van der Waals surface area contributed by atoms with E-state index >= 15 is 0 Å². The normalized spacial score (nSPS) is 14.7. The lowest BCUT2D eigenvalue weighted by Gasteiger charge is -2.20. The number of phenolic OH excluding ortho intramolecular Hbond substituents is 2. The average molecular weight is 223 g/mol. The molecule has 90 valence electrons. The molecule has 3 heteroatoms. The first-order chi connectivity index (χ1) is 7.52. The molecule has 16 heavy (non-hydrogen) atoms. The molecule has 0 heterocycles. The predicted molar refractivity (Wildman–Crippen MR) is 65.7 cm³/mol. The maximum absolute atomic E-state index is 9.39. The maximum atomic E-state index is 9.39. The summed E-state index contributed by atoms with van der Waals surface area (Å²) in [6.07, 6.45) is 2.27.